The fourth-order valence-corrected chi connectivity index (χ4v) is 5.78. The van der Waals surface area contributed by atoms with Gasteiger partial charge in [0.1, 0.15) is 0 Å². The Morgan fingerprint density at radius 1 is 1.13 bits per heavy atom. The smallest absolute Gasteiger partial charge is 0.257 e. The van der Waals surface area contributed by atoms with Crippen LogP contribution in [-0.2, 0) is 14.3 Å². The molecule has 0 aliphatic carbocycles. The molecule has 5 rings (SSSR count). The monoisotopic (exact) mass is 440 g/mol. The number of amides is 2. The molecule has 1 spiro atoms. The van der Waals surface area contributed by atoms with Crippen LogP contribution in [0.15, 0.2) is 47.2 Å². The standard InChI is InChI=1S/C24H28N2O4S/c27-22(20-8-13-31-16-20)25-9-12-30-24(17-25)21(19-4-2-1-3-5-19)15-26(23(24)28)14-18-6-10-29-11-7-18/h1-5,8,13,16,18,21H,6-7,9-12,14-15,17H2/t21-,24-/m1/s1. The minimum absolute atomic E-state index is 0.0218. The summed E-state index contributed by atoms with van der Waals surface area (Å²) >= 11 is 1.51. The molecule has 0 unspecified atom stereocenters. The molecule has 2 aromatic rings. The number of rotatable bonds is 4. The van der Waals surface area contributed by atoms with Gasteiger partial charge in [-0.1, -0.05) is 30.3 Å². The number of morpholine rings is 1. The van der Waals surface area contributed by atoms with Gasteiger partial charge in [-0.2, -0.15) is 11.3 Å². The van der Waals surface area contributed by atoms with Gasteiger partial charge < -0.3 is 19.3 Å². The van der Waals surface area contributed by atoms with E-state index in [1.165, 1.54) is 11.3 Å². The average Bonchev–Trinajstić information content (AvgIpc) is 3.44. The Hall–Kier alpha value is -2.22. The van der Waals surface area contributed by atoms with Crippen LogP contribution in [-0.4, -0.2) is 73.2 Å². The van der Waals surface area contributed by atoms with E-state index >= 15 is 0 Å². The second-order valence-electron chi connectivity index (χ2n) is 8.71. The van der Waals surface area contributed by atoms with Crippen LogP contribution in [0.3, 0.4) is 0 Å². The van der Waals surface area contributed by atoms with Crippen LogP contribution < -0.4 is 0 Å². The van der Waals surface area contributed by atoms with Crippen molar-refractivity contribution in [2.75, 3.05) is 46.0 Å². The van der Waals surface area contributed by atoms with Crippen LogP contribution in [0.2, 0.25) is 0 Å². The molecule has 1 aromatic heterocycles. The molecule has 31 heavy (non-hydrogen) atoms. The molecule has 6 nitrogen and oxygen atoms in total. The normalized spacial score (nSPS) is 27.2. The topological polar surface area (TPSA) is 59.1 Å². The molecule has 3 aliphatic rings. The summed E-state index contributed by atoms with van der Waals surface area (Å²) in [6.07, 6.45) is 1.97. The van der Waals surface area contributed by atoms with Crippen molar-refractivity contribution in [3.8, 4) is 0 Å². The highest BCUT2D eigenvalue weighted by molar-refractivity contribution is 7.08. The summed E-state index contributed by atoms with van der Waals surface area (Å²) < 4.78 is 11.8. The highest BCUT2D eigenvalue weighted by atomic mass is 32.1. The van der Waals surface area contributed by atoms with Gasteiger partial charge in [-0.3, -0.25) is 9.59 Å². The largest absolute Gasteiger partial charge is 0.381 e. The summed E-state index contributed by atoms with van der Waals surface area (Å²) in [4.78, 5) is 30.7. The lowest BCUT2D eigenvalue weighted by atomic mass is 9.83. The lowest BCUT2D eigenvalue weighted by molar-refractivity contribution is -0.160. The van der Waals surface area contributed by atoms with Crippen molar-refractivity contribution in [3.05, 3.63) is 58.3 Å². The van der Waals surface area contributed by atoms with Crippen LogP contribution in [0.5, 0.6) is 0 Å². The van der Waals surface area contributed by atoms with E-state index in [9.17, 15) is 9.59 Å². The zero-order chi connectivity index (χ0) is 21.3. The summed E-state index contributed by atoms with van der Waals surface area (Å²) in [5, 5.41) is 3.78. The van der Waals surface area contributed by atoms with Crippen LogP contribution in [0, 0.1) is 5.92 Å². The molecule has 2 atom stereocenters. The number of hydrogen-bond donors (Lipinski definition) is 0. The third-order valence-corrected chi connectivity index (χ3v) is 7.52. The number of benzene rings is 1. The van der Waals surface area contributed by atoms with E-state index in [2.05, 4.69) is 12.1 Å². The predicted molar refractivity (Wildman–Crippen MR) is 118 cm³/mol. The van der Waals surface area contributed by atoms with E-state index in [-0.39, 0.29) is 17.7 Å². The molecule has 0 N–H and O–H groups in total. The van der Waals surface area contributed by atoms with Crippen LogP contribution in [0.4, 0.5) is 0 Å². The first-order chi connectivity index (χ1) is 15.2. The van der Waals surface area contributed by atoms with Gasteiger partial charge in [0.15, 0.2) is 5.60 Å². The van der Waals surface area contributed by atoms with Crippen LogP contribution in [0.1, 0.15) is 34.7 Å². The highest BCUT2D eigenvalue weighted by Crippen LogP contribution is 2.43. The number of carbonyl (C=O) groups is 2. The molecule has 164 valence electrons. The third-order valence-electron chi connectivity index (χ3n) is 6.84. The Morgan fingerprint density at radius 2 is 1.94 bits per heavy atom. The molecule has 7 heteroatoms. The molecule has 0 radical (unpaired) electrons. The molecule has 0 saturated carbocycles. The van der Waals surface area contributed by atoms with Crippen molar-refractivity contribution in [2.45, 2.75) is 24.4 Å². The molecule has 3 saturated heterocycles. The first-order valence-corrected chi connectivity index (χ1v) is 12.0. The first kappa shape index (κ1) is 20.7. The second-order valence-corrected chi connectivity index (χ2v) is 9.49. The lowest BCUT2D eigenvalue weighted by Crippen LogP contribution is -2.59. The van der Waals surface area contributed by atoms with Crippen molar-refractivity contribution in [3.63, 3.8) is 0 Å². The maximum absolute atomic E-state index is 13.8. The van der Waals surface area contributed by atoms with Crippen molar-refractivity contribution in [2.24, 2.45) is 5.92 Å². The number of nitrogens with zero attached hydrogens (tertiary/aromatic N) is 2. The van der Waals surface area contributed by atoms with Crippen LogP contribution >= 0.6 is 11.3 Å². The van der Waals surface area contributed by atoms with E-state index in [1.807, 2.05) is 39.9 Å². The van der Waals surface area contributed by atoms with Gasteiger partial charge >= 0.3 is 0 Å². The van der Waals surface area contributed by atoms with Gasteiger partial charge in [0, 0.05) is 44.1 Å². The Labute approximate surface area is 186 Å². The summed E-state index contributed by atoms with van der Waals surface area (Å²) in [6, 6.07) is 12.0. The van der Waals surface area contributed by atoms with Crippen molar-refractivity contribution in [1.29, 1.82) is 0 Å². The van der Waals surface area contributed by atoms with E-state index in [0.717, 1.165) is 38.2 Å². The Bertz CT molecular complexity index is 913. The van der Waals surface area contributed by atoms with E-state index in [0.29, 0.717) is 37.7 Å². The molecule has 1 aromatic carbocycles. The predicted octanol–water partition coefficient (Wildman–Crippen LogP) is 3.01. The maximum Gasteiger partial charge on any atom is 0.257 e. The minimum Gasteiger partial charge on any atom is -0.381 e. The molecule has 3 fully saturated rings. The molecule has 2 amide bonds. The third kappa shape index (κ3) is 3.90. The fraction of sp³-hybridized carbons (Fsp3) is 0.500. The maximum atomic E-state index is 13.8. The molecule has 3 aliphatic heterocycles. The van der Waals surface area contributed by atoms with Gasteiger partial charge in [0.05, 0.1) is 18.7 Å². The summed E-state index contributed by atoms with van der Waals surface area (Å²) in [6.45, 7) is 4.06. The average molecular weight is 441 g/mol. The number of hydrogen-bond acceptors (Lipinski definition) is 5. The lowest BCUT2D eigenvalue weighted by Gasteiger charge is -2.42. The van der Waals surface area contributed by atoms with Gasteiger partial charge in [0.25, 0.3) is 11.8 Å². The summed E-state index contributed by atoms with van der Waals surface area (Å²) in [7, 11) is 0. The number of likely N-dealkylation sites (tertiary alicyclic amines) is 1. The van der Waals surface area contributed by atoms with Crippen molar-refractivity contribution >= 4 is 23.2 Å². The SMILES string of the molecule is O=C(c1ccsc1)N1CCO[C@@]2(C1)C(=O)N(CC1CCOCC1)C[C@@H]2c1ccccc1. The van der Waals surface area contributed by atoms with E-state index in [1.54, 1.807) is 4.90 Å². The molecular weight excluding hydrogens is 412 g/mol. The Balaban J connectivity index is 1.44. The zero-order valence-electron chi connectivity index (χ0n) is 17.6. The summed E-state index contributed by atoms with van der Waals surface area (Å²) in [5.74, 6) is 0.359. The number of ether oxygens (including phenoxy) is 2. The minimum atomic E-state index is -1.02. The number of carbonyl (C=O) groups excluding carboxylic acids is 2. The zero-order valence-corrected chi connectivity index (χ0v) is 18.4. The molecular formula is C24H28N2O4S. The molecule has 0 bridgehead atoms. The second kappa shape index (κ2) is 8.73. The Kier molecular flexibility index (Phi) is 5.82. The summed E-state index contributed by atoms with van der Waals surface area (Å²) in [5.41, 5.74) is 0.758. The van der Waals surface area contributed by atoms with E-state index in [4.69, 9.17) is 9.47 Å². The van der Waals surface area contributed by atoms with Gasteiger partial charge in [-0.15, -0.1) is 0 Å². The van der Waals surface area contributed by atoms with E-state index < -0.39 is 5.60 Å². The van der Waals surface area contributed by atoms with Crippen molar-refractivity contribution in [1.82, 2.24) is 9.80 Å². The van der Waals surface area contributed by atoms with Crippen molar-refractivity contribution < 1.29 is 19.1 Å². The first-order valence-electron chi connectivity index (χ1n) is 11.0. The van der Waals surface area contributed by atoms with Crippen LogP contribution in [0.25, 0.3) is 0 Å². The number of thiophene rings is 1. The fourth-order valence-electron chi connectivity index (χ4n) is 5.15. The highest BCUT2D eigenvalue weighted by Gasteiger charge is 2.58. The Morgan fingerprint density at radius 3 is 2.68 bits per heavy atom. The van der Waals surface area contributed by atoms with Gasteiger partial charge in [-0.05, 0) is 35.8 Å². The van der Waals surface area contributed by atoms with Gasteiger partial charge in [-0.25, -0.2) is 0 Å². The molecule has 4 heterocycles. The quantitative estimate of drug-likeness (QED) is 0.733. The van der Waals surface area contributed by atoms with Gasteiger partial charge in [0.2, 0.25) is 0 Å².